The highest BCUT2D eigenvalue weighted by Crippen LogP contribution is 2.69. The molecule has 0 aromatic heterocycles. The molecule has 3 N–H and O–H groups in total. The van der Waals surface area contributed by atoms with Crippen LogP contribution in [0.4, 0.5) is 0 Å². The summed E-state index contributed by atoms with van der Waals surface area (Å²) in [5, 5.41) is 33.0. The molecule has 0 bridgehead atoms. The van der Waals surface area contributed by atoms with Crippen molar-refractivity contribution in [1.82, 2.24) is 0 Å². The highest BCUT2D eigenvalue weighted by Gasteiger charge is 2.67. The smallest absolute Gasteiger partial charge is 0.0985 e. The van der Waals surface area contributed by atoms with Crippen LogP contribution < -0.4 is 0 Å². The molecule has 0 aromatic carbocycles. The standard InChI is InChI=1S/C27H48O3/c1-17(2)7-6-8-18(3)21-9-10-22-20-15-24(29)27(30)16-19(28)11-14-26(27,5)23(20)12-13-25(21,22)4/h17-24,28-30H,6-16H2,1-5H3/t18-,19-,20-,21-,22+,23-,24-,25+,26+,27-/m0/s1. The molecule has 0 unspecified atom stereocenters. The third-order valence-corrected chi connectivity index (χ3v) is 11.0. The maximum Gasteiger partial charge on any atom is 0.0985 e. The minimum absolute atomic E-state index is 0.253. The summed E-state index contributed by atoms with van der Waals surface area (Å²) < 4.78 is 0. The summed E-state index contributed by atoms with van der Waals surface area (Å²) in [4.78, 5) is 0. The predicted octanol–water partition coefficient (Wildman–Crippen LogP) is 5.55. The molecule has 3 heteroatoms. The zero-order chi connectivity index (χ0) is 21.9. The first-order valence-corrected chi connectivity index (χ1v) is 13.1. The van der Waals surface area contributed by atoms with Gasteiger partial charge < -0.3 is 15.3 Å². The van der Waals surface area contributed by atoms with E-state index in [4.69, 9.17) is 0 Å². The fourth-order valence-electron chi connectivity index (χ4n) is 9.29. The van der Waals surface area contributed by atoms with Gasteiger partial charge >= 0.3 is 0 Å². The van der Waals surface area contributed by atoms with Crippen LogP contribution in [-0.4, -0.2) is 33.1 Å². The molecular weight excluding hydrogens is 372 g/mol. The van der Waals surface area contributed by atoms with E-state index in [9.17, 15) is 15.3 Å². The Kier molecular flexibility index (Phi) is 6.17. The molecule has 10 atom stereocenters. The van der Waals surface area contributed by atoms with Crippen LogP contribution in [0.2, 0.25) is 0 Å². The van der Waals surface area contributed by atoms with E-state index < -0.39 is 17.8 Å². The van der Waals surface area contributed by atoms with Gasteiger partial charge in [0, 0.05) is 11.8 Å². The molecule has 174 valence electrons. The summed E-state index contributed by atoms with van der Waals surface area (Å²) in [5.41, 5.74) is -0.962. The van der Waals surface area contributed by atoms with Crippen molar-refractivity contribution in [3.8, 4) is 0 Å². The van der Waals surface area contributed by atoms with Gasteiger partial charge in [-0.1, -0.05) is 53.9 Å². The van der Waals surface area contributed by atoms with Gasteiger partial charge in [0.05, 0.1) is 17.8 Å². The van der Waals surface area contributed by atoms with Crippen LogP contribution in [-0.2, 0) is 0 Å². The van der Waals surface area contributed by atoms with Crippen molar-refractivity contribution in [2.45, 2.75) is 123 Å². The minimum Gasteiger partial charge on any atom is -0.393 e. The molecule has 0 heterocycles. The topological polar surface area (TPSA) is 60.7 Å². The number of fused-ring (bicyclic) bond motifs is 5. The van der Waals surface area contributed by atoms with Gasteiger partial charge in [-0.05, 0) is 85.9 Å². The monoisotopic (exact) mass is 420 g/mol. The van der Waals surface area contributed by atoms with Crippen LogP contribution in [0, 0.1) is 46.3 Å². The lowest BCUT2D eigenvalue weighted by Gasteiger charge is -2.65. The molecular formula is C27H48O3. The molecule has 4 saturated carbocycles. The Morgan fingerprint density at radius 3 is 2.33 bits per heavy atom. The molecule has 0 aromatic rings. The van der Waals surface area contributed by atoms with E-state index in [0.717, 1.165) is 37.0 Å². The first-order chi connectivity index (χ1) is 14.0. The van der Waals surface area contributed by atoms with E-state index in [1.807, 2.05) is 0 Å². The largest absolute Gasteiger partial charge is 0.393 e. The van der Waals surface area contributed by atoms with E-state index in [2.05, 4.69) is 34.6 Å². The third kappa shape index (κ3) is 3.41. The Balaban J connectivity index is 1.53. The fourth-order valence-corrected chi connectivity index (χ4v) is 9.29. The van der Waals surface area contributed by atoms with E-state index in [1.54, 1.807) is 0 Å². The van der Waals surface area contributed by atoms with Gasteiger partial charge in [0.1, 0.15) is 0 Å². The Hall–Kier alpha value is -0.120. The maximum absolute atomic E-state index is 11.6. The third-order valence-electron chi connectivity index (χ3n) is 11.0. The van der Waals surface area contributed by atoms with E-state index in [1.165, 1.54) is 44.9 Å². The summed E-state index contributed by atoms with van der Waals surface area (Å²) >= 11 is 0. The normalized spacial score (nSPS) is 51.9. The van der Waals surface area contributed by atoms with Crippen molar-refractivity contribution in [2.24, 2.45) is 46.3 Å². The molecule has 4 fully saturated rings. The van der Waals surface area contributed by atoms with Crippen LogP contribution in [0.5, 0.6) is 0 Å². The van der Waals surface area contributed by atoms with Crippen molar-refractivity contribution in [2.75, 3.05) is 0 Å². The number of aliphatic hydroxyl groups excluding tert-OH is 2. The average Bonchev–Trinajstić information content (AvgIpc) is 3.01. The van der Waals surface area contributed by atoms with Crippen molar-refractivity contribution < 1.29 is 15.3 Å². The van der Waals surface area contributed by atoms with Crippen LogP contribution in [0.25, 0.3) is 0 Å². The van der Waals surface area contributed by atoms with Gasteiger partial charge in [-0.25, -0.2) is 0 Å². The Bertz CT molecular complexity index is 619. The summed E-state index contributed by atoms with van der Waals surface area (Å²) in [6, 6.07) is 0. The van der Waals surface area contributed by atoms with Crippen LogP contribution in [0.15, 0.2) is 0 Å². The highest BCUT2D eigenvalue weighted by molar-refractivity contribution is 5.17. The lowest BCUT2D eigenvalue weighted by atomic mass is 9.42. The highest BCUT2D eigenvalue weighted by atomic mass is 16.3. The van der Waals surface area contributed by atoms with Gasteiger partial charge in [-0.2, -0.15) is 0 Å². The number of hydrogen-bond acceptors (Lipinski definition) is 3. The van der Waals surface area contributed by atoms with Gasteiger partial charge in [-0.3, -0.25) is 0 Å². The number of aliphatic hydroxyl groups is 3. The molecule has 0 aliphatic heterocycles. The fraction of sp³-hybridized carbons (Fsp3) is 1.00. The summed E-state index contributed by atoms with van der Waals surface area (Å²) in [5.74, 6) is 4.13. The Labute approximate surface area is 185 Å². The zero-order valence-electron chi connectivity index (χ0n) is 20.2. The van der Waals surface area contributed by atoms with Crippen molar-refractivity contribution in [3.63, 3.8) is 0 Å². The van der Waals surface area contributed by atoms with Crippen LogP contribution in [0.1, 0.15) is 105 Å². The molecule has 3 nitrogen and oxygen atoms in total. The minimum atomic E-state index is -1.11. The van der Waals surface area contributed by atoms with Gasteiger partial charge in [-0.15, -0.1) is 0 Å². The van der Waals surface area contributed by atoms with Crippen molar-refractivity contribution in [1.29, 1.82) is 0 Å². The first kappa shape index (κ1) is 23.1. The molecule has 30 heavy (non-hydrogen) atoms. The average molecular weight is 421 g/mol. The van der Waals surface area contributed by atoms with Gasteiger partial charge in [0.25, 0.3) is 0 Å². The predicted molar refractivity (Wildman–Crippen MR) is 122 cm³/mol. The molecule has 0 saturated heterocycles. The second-order valence-electron chi connectivity index (χ2n) is 12.9. The second-order valence-corrected chi connectivity index (χ2v) is 12.9. The summed E-state index contributed by atoms with van der Waals surface area (Å²) in [6.07, 6.45) is 10.7. The Morgan fingerprint density at radius 1 is 0.900 bits per heavy atom. The Morgan fingerprint density at radius 2 is 1.63 bits per heavy atom. The van der Waals surface area contributed by atoms with E-state index in [-0.39, 0.29) is 5.41 Å². The van der Waals surface area contributed by atoms with E-state index in [0.29, 0.717) is 29.6 Å². The summed E-state index contributed by atoms with van der Waals surface area (Å²) in [6.45, 7) is 12.0. The number of rotatable bonds is 5. The van der Waals surface area contributed by atoms with Crippen molar-refractivity contribution >= 4 is 0 Å². The van der Waals surface area contributed by atoms with Gasteiger partial charge in [0.15, 0.2) is 0 Å². The maximum atomic E-state index is 11.6. The second kappa shape index (κ2) is 8.03. The number of hydrogen-bond donors (Lipinski definition) is 3. The van der Waals surface area contributed by atoms with Gasteiger partial charge in [0.2, 0.25) is 0 Å². The molecule has 4 rings (SSSR count). The molecule has 4 aliphatic rings. The van der Waals surface area contributed by atoms with Crippen LogP contribution in [0.3, 0.4) is 0 Å². The lowest BCUT2D eigenvalue weighted by molar-refractivity contribution is -0.264. The van der Waals surface area contributed by atoms with Crippen LogP contribution >= 0.6 is 0 Å². The molecule has 0 spiro atoms. The summed E-state index contributed by atoms with van der Waals surface area (Å²) in [7, 11) is 0. The molecule has 4 aliphatic carbocycles. The zero-order valence-corrected chi connectivity index (χ0v) is 20.2. The SMILES string of the molecule is CC(C)CCC[C@H](C)[C@@H]1CC[C@@H]2[C@@H]3C[C@H](O)[C@@]4(O)C[C@@H](O)CC[C@]4(C)[C@H]3CC[C@@]21C. The van der Waals surface area contributed by atoms with Crippen molar-refractivity contribution in [3.05, 3.63) is 0 Å². The quantitative estimate of drug-likeness (QED) is 0.546. The van der Waals surface area contributed by atoms with E-state index >= 15 is 0 Å². The molecule has 0 amide bonds. The molecule has 0 radical (unpaired) electrons. The lowest BCUT2D eigenvalue weighted by Crippen LogP contribution is -2.68. The first-order valence-electron chi connectivity index (χ1n) is 13.1.